The van der Waals surface area contributed by atoms with E-state index < -0.39 is 17.5 Å². The fraction of sp³-hybridized carbons (Fsp3) is 0.125. The number of thiazole rings is 1. The van der Waals surface area contributed by atoms with E-state index in [9.17, 15) is 13.6 Å². The van der Waals surface area contributed by atoms with Crippen LogP contribution in [0.25, 0.3) is 11.5 Å². The Hall–Kier alpha value is -2.54. The zero-order valence-corrected chi connectivity index (χ0v) is 12.9. The van der Waals surface area contributed by atoms with Crippen LogP contribution in [0.1, 0.15) is 21.1 Å². The van der Waals surface area contributed by atoms with Crippen molar-refractivity contribution >= 4 is 17.2 Å². The van der Waals surface area contributed by atoms with Crippen LogP contribution >= 0.6 is 11.3 Å². The van der Waals surface area contributed by atoms with Gasteiger partial charge in [-0.05, 0) is 31.2 Å². The molecule has 2 aromatic heterocycles. The van der Waals surface area contributed by atoms with Crippen LogP contribution in [0.4, 0.5) is 8.78 Å². The van der Waals surface area contributed by atoms with Crippen molar-refractivity contribution in [1.82, 2.24) is 10.3 Å². The topological polar surface area (TPSA) is 55.1 Å². The highest BCUT2D eigenvalue weighted by molar-refractivity contribution is 7.09. The molecule has 0 aliphatic carbocycles. The number of nitrogens with one attached hydrogen (secondary N) is 1. The van der Waals surface area contributed by atoms with Crippen LogP contribution < -0.4 is 5.32 Å². The van der Waals surface area contributed by atoms with Crippen LogP contribution in [0.5, 0.6) is 0 Å². The minimum Gasteiger partial charge on any atom is -0.458 e. The highest BCUT2D eigenvalue weighted by Crippen LogP contribution is 2.23. The molecule has 0 spiro atoms. The summed E-state index contributed by atoms with van der Waals surface area (Å²) >= 11 is 1.51. The molecule has 0 unspecified atom stereocenters. The third-order valence-electron chi connectivity index (χ3n) is 3.08. The molecule has 0 atom stereocenters. The second-order valence-electron chi connectivity index (χ2n) is 4.86. The Morgan fingerprint density at radius 2 is 2.00 bits per heavy atom. The summed E-state index contributed by atoms with van der Waals surface area (Å²) in [6.45, 7) is 2.01. The van der Waals surface area contributed by atoms with Gasteiger partial charge in [-0.15, -0.1) is 11.3 Å². The number of aryl methyl sites for hydroxylation is 1. The second kappa shape index (κ2) is 6.29. The number of aromatic nitrogens is 1. The number of nitrogens with zero attached hydrogens (tertiary/aromatic N) is 1. The lowest BCUT2D eigenvalue weighted by Crippen LogP contribution is -2.22. The molecule has 0 radical (unpaired) electrons. The van der Waals surface area contributed by atoms with E-state index in [0.29, 0.717) is 17.6 Å². The van der Waals surface area contributed by atoms with Gasteiger partial charge in [-0.1, -0.05) is 0 Å². The van der Waals surface area contributed by atoms with Crippen molar-refractivity contribution in [2.45, 2.75) is 13.5 Å². The van der Waals surface area contributed by atoms with Gasteiger partial charge in [0.05, 0.1) is 11.6 Å². The summed E-state index contributed by atoms with van der Waals surface area (Å²) in [7, 11) is 0. The molecule has 2 heterocycles. The number of hydrogen-bond acceptors (Lipinski definition) is 4. The highest BCUT2D eigenvalue weighted by Gasteiger charge is 2.11. The van der Waals surface area contributed by atoms with Crippen molar-refractivity contribution in [1.29, 1.82) is 0 Å². The lowest BCUT2D eigenvalue weighted by Gasteiger charge is -2.04. The molecule has 3 aromatic rings. The molecule has 0 saturated carbocycles. The number of furan rings is 1. The van der Waals surface area contributed by atoms with E-state index in [0.717, 1.165) is 22.8 Å². The molecule has 0 aliphatic heterocycles. The van der Waals surface area contributed by atoms with Gasteiger partial charge in [0, 0.05) is 17.0 Å². The lowest BCUT2D eigenvalue weighted by molar-refractivity contribution is 0.0947. The number of rotatable bonds is 4. The number of carbonyl (C=O) groups excluding carboxylic acids is 1. The third kappa shape index (κ3) is 3.62. The van der Waals surface area contributed by atoms with Crippen molar-refractivity contribution in [2.75, 3.05) is 0 Å². The van der Waals surface area contributed by atoms with E-state index in [1.165, 1.54) is 11.3 Å². The number of amides is 1. The number of halogens is 2. The van der Waals surface area contributed by atoms with Crippen LogP contribution in [-0.2, 0) is 6.54 Å². The Morgan fingerprint density at radius 1 is 1.26 bits per heavy atom. The smallest absolute Gasteiger partial charge is 0.251 e. The number of hydrogen-bond donors (Lipinski definition) is 1. The summed E-state index contributed by atoms with van der Waals surface area (Å²) < 4.78 is 31.8. The van der Waals surface area contributed by atoms with Gasteiger partial charge in [-0.3, -0.25) is 4.79 Å². The summed E-state index contributed by atoms with van der Waals surface area (Å²) in [5, 5.41) is 5.37. The molecule has 0 aliphatic rings. The summed E-state index contributed by atoms with van der Waals surface area (Å²) in [6.07, 6.45) is 0. The molecule has 0 fully saturated rings. The first-order valence-corrected chi connectivity index (χ1v) is 7.65. The Labute approximate surface area is 134 Å². The highest BCUT2D eigenvalue weighted by atomic mass is 32.1. The zero-order valence-electron chi connectivity index (χ0n) is 12.1. The van der Waals surface area contributed by atoms with Crippen LogP contribution in [-0.4, -0.2) is 10.9 Å². The molecule has 23 heavy (non-hydrogen) atoms. The van der Waals surface area contributed by atoms with Crippen molar-refractivity contribution in [3.8, 4) is 11.5 Å². The molecular weight excluding hydrogens is 322 g/mol. The summed E-state index contributed by atoms with van der Waals surface area (Å²) in [6, 6.07) is 6.15. The van der Waals surface area contributed by atoms with Gasteiger partial charge in [0.15, 0.2) is 5.76 Å². The standard InChI is InChI=1S/C16H12F2N2O2S/c1-9-20-14(8-23-9)15-3-2-13(22-15)7-19-16(21)10-4-11(17)6-12(18)5-10/h2-6,8H,7H2,1H3,(H,19,21). The van der Waals surface area contributed by atoms with E-state index in [1.54, 1.807) is 12.1 Å². The monoisotopic (exact) mass is 334 g/mol. The molecule has 0 saturated heterocycles. The Kier molecular flexibility index (Phi) is 4.20. The minimum absolute atomic E-state index is 0.0793. The summed E-state index contributed by atoms with van der Waals surface area (Å²) in [5.41, 5.74) is 0.654. The van der Waals surface area contributed by atoms with E-state index in [1.807, 2.05) is 12.3 Å². The molecule has 3 rings (SSSR count). The Morgan fingerprint density at radius 3 is 2.65 bits per heavy atom. The maximum Gasteiger partial charge on any atom is 0.251 e. The molecule has 1 aromatic carbocycles. The van der Waals surface area contributed by atoms with Gasteiger partial charge >= 0.3 is 0 Å². The first-order chi connectivity index (χ1) is 11.0. The summed E-state index contributed by atoms with van der Waals surface area (Å²) in [5.74, 6) is -1.04. The van der Waals surface area contributed by atoms with Gasteiger partial charge in [0.25, 0.3) is 5.91 Å². The van der Waals surface area contributed by atoms with Crippen LogP contribution in [0.15, 0.2) is 40.1 Å². The van der Waals surface area contributed by atoms with Gasteiger partial charge in [0.1, 0.15) is 23.1 Å². The lowest BCUT2D eigenvalue weighted by atomic mass is 10.2. The van der Waals surface area contributed by atoms with Crippen LogP contribution in [0.3, 0.4) is 0 Å². The second-order valence-corrected chi connectivity index (χ2v) is 5.92. The minimum atomic E-state index is -0.797. The third-order valence-corrected chi connectivity index (χ3v) is 3.85. The SMILES string of the molecule is Cc1nc(-c2ccc(CNC(=O)c3cc(F)cc(F)c3)o2)cs1. The van der Waals surface area contributed by atoms with Gasteiger partial charge in [-0.25, -0.2) is 13.8 Å². The van der Waals surface area contributed by atoms with E-state index in [-0.39, 0.29) is 12.1 Å². The average molecular weight is 334 g/mol. The quantitative estimate of drug-likeness (QED) is 0.787. The molecule has 1 N–H and O–H groups in total. The normalized spacial score (nSPS) is 10.7. The maximum atomic E-state index is 13.1. The zero-order chi connectivity index (χ0) is 16.4. The molecule has 0 bridgehead atoms. The Bertz CT molecular complexity index is 837. The molecule has 7 heteroatoms. The fourth-order valence-electron chi connectivity index (χ4n) is 2.04. The molecule has 4 nitrogen and oxygen atoms in total. The van der Waals surface area contributed by atoms with Crippen LogP contribution in [0, 0.1) is 18.6 Å². The number of benzene rings is 1. The van der Waals surface area contributed by atoms with Crippen molar-refractivity contribution in [2.24, 2.45) is 0 Å². The molecular formula is C16H12F2N2O2S. The predicted octanol–water partition coefficient (Wildman–Crippen LogP) is 3.92. The van der Waals surface area contributed by atoms with Crippen LogP contribution in [0.2, 0.25) is 0 Å². The van der Waals surface area contributed by atoms with E-state index in [2.05, 4.69) is 10.3 Å². The van der Waals surface area contributed by atoms with Gasteiger partial charge in [0.2, 0.25) is 0 Å². The van der Waals surface area contributed by atoms with Gasteiger partial charge < -0.3 is 9.73 Å². The summed E-state index contributed by atoms with van der Waals surface area (Å²) in [4.78, 5) is 16.2. The fourth-order valence-corrected chi connectivity index (χ4v) is 2.64. The maximum absolute atomic E-state index is 13.1. The predicted molar refractivity (Wildman–Crippen MR) is 82.1 cm³/mol. The molecule has 1 amide bonds. The van der Waals surface area contributed by atoms with E-state index >= 15 is 0 Å². The largest absolute Gasteiger partial charge is 0.458 e. The van der Waals surface area contributed by atoms with E-state index in [4.69, 9.17) is 4.42 Å². The first-order valence-electron chi connectivity index (χ1n) is 6.77. The van der Waals surface area contributed by atoms with Crippen molar-refractivity contribution < 1.29 is 18.0 Å². The van der Waals surface area contributed by atoms with Crippen molar-refractivity contribution in [3.05, 3.63) is 63.7 Å². The number of carbonyl (C=O) groups is 1. The average Bonchev–Trinajstić information content (AvgIpc) is 3.12. The first kappa shape index (κ1) is 15.4. The van der Waals surface area contributed by atoms with Crippen molar-refractivity contribution in [3.63, 3.8) is 0 Å². The van der Waals surface area contributed by atoms with Gasteiger partial charge in [-0.2, -0.15) is 0 Å². The molecule has 118 valence electrons. The Balaban J connectivity index is 1.66.